The van der Waals surface area contributed by atoms with Gasteiger partial charge in [0.25, 0.3) is 5.91 Å². The van der Waals surface area contributed by atoms with Gasteiger partial charge in [0.1, 0.15) is 36.9 Å². The van der Waals surface area contributed by atoms with Gasteiger partial charge in [0.2, 0.25) is 5.91 Å². The van der Waals surface area contributed by atoms with E-state index in [-0.39, 0.29) is 32.0 Å². The third-order valence-electron chi connectivity index (χ3n) is 8.04. The Morgan fingerprint density at radius 2 is 1.32 bits per heavy atom. The average Bonchev–Trinajstić information content (AvgIpc) is 3.12. The lowest BCUT2D eigenvalue weighted by Gasteiger charge is -2.42. The minimum absolute atomic E-state index is 0.00883. The number of benzene rings is 3. The zero-order valence-corrected chi connectivity index (χ0v) is 28.3. The number of aliphatic hydroxyl groups is 2. The maximum absolute atomic E-state index is 13.7. The van der Waals surface area contributed by atoms with Crippen molar-refractivity contribution in [3.05, 3.63) is 108 Å². The van der Waals surface area contributed by atoms with Crippen molar-refractivity contribution in [1.82, 2.24) is 16.0 Å². The second-order valence-corrected chi connectivity index (χ2v) is 12.4. The molecular weight excluding hydrogens is 646 g/mol. The van der Waals surface area contributed by atoms with Crippen LogP contribution >= 0.6 is 0 Å². The lowest BCUT2D eigenvalue weighted by molar-refractivity contribution is -0.263. The van der Waals surface area contributed by atoms with Crippen molar-refractivity contribution in [2.45, 2.75) is 82.6 Å². The summed E-state index contributed by atoms with van der Waals surface area (Å²) >= 11 is 0. The third-order valence-corrected chi connectivity index (χ3v) is 8.04. The minimum Gasteiger partial charge on any atom is -0.467 e. The molecule has 1 fully saturated rings. The van der Waals surface area contributed by atoms with E-state index in [2.05, 4.69) is 16.0 Å². The Labute approximate surface area is 291 Å². The molecule has 1 aliphatic heterocycles. The lowest BCUT2D eigenvalue weighted by Crippen LogP contribution is -2.68. The summed E-state index contributed by atoms with van der Waals surface area (Å²) < 4.78 is 22.1. The zero-order chi connectivity index (χ0) is 36.0. The molecule has 5 N–H and O–H groups in total. The molecule has 0 aromatic heterocycles. The Balaban J connectivity index is 1.50. The van der Waals surface area contributed by atoms with Crippen LogP contribution in [-0.4, -0.2) is 83.9 Å². The van der Waals surface area contributed by atoms with Gasteiger partial charge >= 0.3 is 12.1 Å². The Hall–Kier alpha value is -4.82. The van der Waals surface area contributed by atoms with Gasteiger partial charge in [-0.2, -0.15) is 0 Å². The van der Waals surface area contributed by atoms with Crippen LogP contribution in [0, 0.1) is 5.92 Å². The largest absolute Gasteiger partial charge is 0.467 e. The molecule has 268 valence electrons. The molecule has 13 heteroatoms. The number of amides is 3. The number of alkyl carbamates (subject to hydrolysis) is 1. The molecule has 3 amide bonds. The van der Waals surface area contributed by atoms with E-state index in [1.54, 1.807) is 60.7 Å². The highest BCUT2D eigenvalue weighted by atomic mass is 16.7. The number of carbonyl (C=O) groups excluding carboxylic acids is 4. The predicted molar refractivity (Wildman–Crippen MR) is 181 cm³/mol. The van der Waals surface area contributed by atoms with Crippen LogP contribution in [0.5, 0.6) is 0 Å². The molecule has 3 aromatic carbocycles. The van der Waals surface area contributed by atoms with Crippen molar-refractivity contribution in [3.8, 4) is 0 Å². The van der Waals surface area contributed by atoms with Gasteiger partial charge in [-0.25, -0.2) is 9.59 Å². The van der Waals surface area contributed by atoms with Gasteiger partial charge in [0.05, 0.1) is 13.7 Å². The molecular formula is C37H45N3O10. The fourth-order valence-corrected chi connectivity index (χ4v) is 5.44. The Kier molecular flexibility index (Phi) is 14.3. The number of nitrogens with one attached hydrogen (secondary N) is 3. The van der Waals surface area contributed by atoms with E-state index in [1.165, 1.54) is 7.11 Å². The van der Waals surface area contributed by atoms with Crippen LogP contribution in [-0.2, 0) is 53.0 Å². The average molecular weight is 692 g/mol. The monoisotopic (exact) mass is 691 g/mol. The zero-order valence-electron chi connectivity index (χ0n) is 28.3. The van der Waals surface area contributed by atoms with E-state index in [0.29, 0.717) is 0 Å². The lowest BCUT2D eigenvalue weighted by atomic mass is 9.94. The molecule has 1 aliphatic rings. The summed E-state index contributed by atoms with van der Waals surface area (Å²) in [6.45, 7) is 3.69. The van der Waals surface area contributed by atoms with Crippen LogP contribution in [0.2, 0.25) is 0 Å². The fourth-order valence-electron chi connectivity index (χ4n) is 5.44. The van der Waals surface area contributed by atoms with Crippen molar-refractivity contribution in [1.29, 1.82) is 0 Å². The van der Waals surface area contributed by atoms with Crippen LogP contribution in [0.4, 0.5) is 4.79 Å². The molecule has 1 saturated heterocycles. The maximum atomic E-state index is 13.7. The molecule has 0 unspecified atom stereocenters. The van der Waals surface area contributed by atoms with E-state index < -0.39 is 66.6 Å². The van der Waals surface area contributed by atoms with Gasteiger partial charge in [-0.3, -0.25) is 9.59 Å². The van der Waals surface area contributed by atoms with Crippen molar-refractivity contribution in [2.75, 3.05) is 7.11 Å². The van der Waals surface area contributed by atoms with Crippen LogP contribution < -0.4 is 16.0 Å². The first-order valence-corrected chi connectivity index (χ1v) is 16.4. The highest BCUT2D eigenvalue weighted by molar-refractivity contribution is 5.88. The first-order chi connectivity index (χ1) is 24.0. The second kappa shape index (κ2) is 18.8. The van der Waals surface area contributed by atoms with E-state index >= 15 is 0 Å². The number of carbonyl (C=O) groups is 4. The van der Waals surface area contributed by atoms with Crippen LogP contribution in [0.25, 0.3) is 0 Å². The molecule has 3 aromatic rings. The fraction of sp³-hybridized carbons (Fsp3) is 0.405. The molecule has 1 heterocycles. The molecule has 0 aliphatic carbocycles. The van der Waals surface area contributed by atoms with Gasteiger partial charge in [-0.15, -0.1) is 0 Å². The van der Waals surface area contributed by atoms with E-state index in [0.717, 1.165) is 16.7 Å². The van der Waals surface area contributed by atoms with E-state index in [9.17, 15) is 29.4 Å². The third kappa shape index (κ3) is 11.1. The number of hydrogen-bond donors (Lipinski definition) is 5. The first-order valence-electron chi connectivity index (χ1n) is 16.4. The summed E-state index contributed by atoms with van der Waals surface area (Å²) in [4.78, 5) is 52.5. The van der Waals surface area contributed by atoms with Crippen molar-refractivity contribution >= 4 is 23.9 Å². The summed E-state index contributed by atoms with van der Waals surface area (Å²) in [5, 5.41) is 30.3. The number of esters is 1. The summed E-state index contributed by atoms with van der Waals surface area (Å²) in [6, 6.07) is 23.4. The molecule has 7 atom stereocenters. The number of aliphatic hydroxyl groups excluding tert-OH is 2. The second-order valence-electron chi connectivity index (χ2n) is 12.4. The van der Waals surface area contributed by atoms with Crippen molar-refractivity contribution in [3.63, 3.8) is 0 Å². The normalized spacial score (nSPS) is 21.4. The van der Waals surface area contributed by atoms with E-state index in [4.69, 9.17) is 18.9 Å². The molecule has 0 bridgehead atoms. The van der Waals surface area contributed by atoms with Crippen molar-refractivity contribution < 1.29 is 48.3 Å². The smallest absolute Gasteiger partial charge is 0.408 e. The minimum atomic E-state index is -1.85. The number of ether oxygens (including phenoxy) is 4. The topological polar surface area (TPSA) is 182 Å². The molecule has 50 heavy (non-hydrogen) atoms. The maximum Gasteiger partial charge on any atom is 0.408 e. The number of hydrogen-bond acceptors (Lipinski definition) is 10. The highest BCUT2D eigenvalue weighted by Gasteiger charge is 2.49. The Morgan fingerprint density at radius 1 is 0.760 bits per heavy atom. The van der Waals surface area contributed by atoms with Gasteiger partial charge in [0.15, 0.2) is 12.4 Å². The summed E-state index contributed by atoms with van der Waals surface area (Å²) in [5.74, 6) is -2.35. The Bertz CT molecular complexity index is 1530. The van der Waals surface area contributed by atoms with Gasteiger partial charge in [-0.05, 0) is 29.0 Å². The van der Waals surface area contributed by atoms with Crippen molar-refractivity contribution in [2.24, 2.45) is 5.92 Å². The summed E-state index contributed by atoms with van der Waals surface area (Å²) in [6.07, 6.45) is -7.26. The highest BCUT2D eigenvalue weighted by Crippen LogP contribution is 2.24. The predicted octanol–water partition coefficient (Wildman–Crippen LogP) is 2.38. The Morgan fingerprint density at radius 3 is 1.88 bits per heavy atom. The van der Waals surface area contributed by atoms with Crippen LogP contribution in [0.15, 0.2) is 91.0 Å². The first kappa shape index (κ1) is 38.0. The standard InChI is InChI=1S/C37H45N3O10/c1-23(2)19-27(39-37(46)49-22-26-17-11-6-12-18-26)33(43)40-29-30(41)31(42)32(50-36(29)48-21-25-15-9-5-10-16-25)34(44)38-28(35(45)47-3)20-24-13-7-4-8-14-24/h4-18,23,27-32,36,41-42H,19-22H2,1-3H3,(H,38,44)(H,39,46)(H,40,43)/t27-,28+,29+,30+,31+,32-,36-/m0/s1. The van der Waals surface area contributed by atoms with Crippen LogP contribution in [0.1, 0.15) is 37.0 Å². The van der Waals surface area contributed by atoms with Crippen LogP contribution in [0.3, 0.4) is 0 Å². The molecule has 4 rings (SSSR count). The SMILES string of the molecule is COC(=O)[C@@H](Cc1ccccc1)NC(=O)[C@H]1O[C@H](OCc2ccccc2)[C@H](NC(=O)[C@H](CC(C)C)NC(=O)OCc2ccccc2)[C@@H](O)[C@H]1O. The summed E-state index contributed by atoms with van der Waals surface area (Å²) in [7, 11) is 1.19. The van der Waals surface area contributed by atoms with Gasteiger partial charge in [0, 0.05) is 6.42 Å². The quantitative estimate of drug-likeness (QED) is 0.149. The molecule has 13 nitrogen and oxygen atoms in total. The van der Waals surface area contributed by atoms with Gasteiger partial charge in [-0.1, -0.05) is 105 Å². The molecule has 0 radical (unpaired) electrons. The molecule has 0 saturated carbocycles. The number of rotatable bonds is 15. The van der Waals surface area contributed by atoms with E-state index in [1.807, 2.05) is 44.2 Å². The summed E-state index contributed by atoms with van der Waals surface area (Å²) in [5.41, 5.74) is 2.24. The molecule has 0 spiro atoms. The number of methoxy groups -OCH3 is 1. The van der Waals surface area contributed by atoms with Gasteiger partial charge < -0.3 is 45.1 Å².